The van der Waals surface area contributed by atoms with Crippen LogP contribution in [-0.2, 0) is 4.79 Å². The number of hydrogen-bond acceptors (Lipinski definition) is 3. The quantitative estimate of drug-likeness (QED) is 0.749. The number of anilines is 1. The fraction of sp³-hybridized carbons (Fsp3) is 0.300. The van der Waals surface area contributed by atoms with E-state index in [-0.39, 0.29) is 5.92 Å². The lowest BCUT2D eigenvalue weighted by Crippen LogP contribution is -2.38. The Balaban J connectivity index is 1.74. The Hall–Kier alpha value is -2.53. The number of fused-ring (bicyclic) bond motifs is 1. The molecule has 1 aliphatic rings. The highest BCUT2D eigenvalue weighted by atomic mass is 35.5. The second kappa shape index (κ2) is 6.65. The number of nitrogens with zero attached hydrogens (tertiary/aromatic N) is 3. The van der Waals surface area contributed by atoms with Crippen LogP contribution in [0.5, 0.6) is 0 Å². The van der Waals surface area contributed by atoms with Gasteiger partial charge in [-0.05, 0) is 50.1 Å². The zero-order chi connectivity index (χ0) is 18.3. The molecule has 5 nitrogen and oxygen atoms in total. The molecule has 1 N–H and O–H groups in total. The van der Waals surface area contributed by atoms with Gasteiger partial charge in [-0.2, -0.15) is 0 Å². The first kappa shape index (κ1) is 16.9. The number of benzene rings is 1. The van der Waals surface area contributed by atoms with Gasteiger partial charge in [0.2, 0.25) is 0 Å². The number of carboxylic acid groups (broad SMARTS) is 1. The van der Waals surface area contributed by atoms with Crippen molar-refractivity contribution in [3.05, 3.63) is 53.3 Å². The zero-order valence-corrected chi connectivity index (χ0v) is 15.3. The molecule has 3 heterocycles. The van der Waals surface area contributed by atoms with Crippen molar-refractivity contribution in [3.63, 3.8) is 0 Å². The molecule has 3 aromatic rings. The Bertz CT molecular complexity index is 982. The number of imidazole rings is 1. The SMILES string of the molecule is Cc1c(-c2cc(N3CCCC(C(=O)O)C3)ccc2Cl)nc2ccccn12. The van der Waals surface area contributed by atoms with Crippen molar-refractivity contribution >= 4 is 28.9 Å². The van der Waals surface area contributed by atoms with Crippen molar-refractivity contribution in [2.75, 3.05) is 18.0 Å². The molecular weight excluding hydrogens is 350 g/mol. The molecule has 0 aliphatic carbocycles. The molecule has 6 heteroatoms. The third-order valence-electron chi connectivity index (χ3n) is 5.11. The highest BCUT2D eigenvalue weighted by Crippen LogP contribution is 2.34. The van der Waals surface area contributed by atoms with Gasteiger partial charge in [-0.15, -0.1) is 0 Å². The highest BCUT2D eigenvalue weighted by molar-refractivity contribution is 6.33. The van der Waals surface area contributed by atoms with E-state index in [1.54, 1.807) is 0 Å². The highest BCUT2D eigenvalue weighted by Gasteiger charge is 2.26. The van der Waals surface area contributed by atoms with E-state index in [4.69, 9.17) is 16.6 Å². The fourth-order valence-corrected chi connectivity index (χ4v) is 3.89. The second-order valence-electron chi connectivity index (χ2n) is 6.76. The van der Waals surface area contributed by atoms with Gasteiger partial charge in [0.05, 0.1) is 16.6 Å². The maximum atomic E-state index is 11.4. The van der Waals surface area contributed by atoms with Crippen molar-refractivity contribution < 1.29 is 9.90 Å². The van der Waals surface area contributed by atoms with E-state index in [0.29, 0.717) is 11.6 Å². The summed E-state index contributed by atoms with van der Waals surface area (Å²) in [6, 6.07) is 11.8. The van der Waals surface area contributed by atoms with Crippen LogP contribution in [0.2, 0.25) is 5.02 Å². The fourth-order valence-electron chi connectivity index (χ4n) is 3.68. The summed E-state index contributed by atoms with van der Waals surface area (Å²) in [5.74, 6) is -1.04. The predicted octanol–water partition coefficient (Wildman–Crippen LogP) is 4.26. The van der Waals surface area contributed by atoms with Crippen LogP contribution in [0.15, 0.2) is 42.6 Å². The molecule has 1 atom stereocenters. The predicted molar refractivity (Wildman–Crippen MR) is 103 cm³/mol. The van der Waals surface area contributed by atoms with Crippen LogP contribution >= 0.6 is 11.6 Å². The van der Waals surface area contributed by atoms with Crippen LogP contribution in [0.4, 0.5) is 5.69 Å². The summed E-state index contributed by atoms with van der Waals surface area (Å²) in [5.41, 5.74) is 4.64. The van der Waals surface area contributed by atoms with Crippen LogP contribution in [-0.4, -0.2) is 33.6 Å². The summed E-state index contributed by atoms with van der Waals surface area (Å²) in [7, 11) is 0. The number of aliphatic carboxylic acids is 1. The van der Waals surface area contributed by atoms with E-state index >= 15 is 0 Å². The average Bonchev–Trinajstić information content (AvgIpc) is 2.99. The van der Waals surface area contributed by atoms with Crippen LogP contribution in [0.1, 0.15) is 18.5 Å². The van der Waals surface area contributed by atoms with E-state index in [1.165, 1.54) is 0 Å². The number of aryl methyl sites for hydroxylation is 1. The number of carbonyl (C=O) groups is 1. The number of halogens is 1. The lowest BCUT2D eigenvalue weighted by molar-refractivity contribution is -0.141. The molecule has 1 aromatic carbocycles. The van der Waals surface area contributed by atoms with Crippen molar-refractivity contribution in [1.82, 2.24) is 9.38 Å². The molecule has 134 valence electrons. The van der Waals surface area contributed by atoms with Gasteiger partial charge in [0.1, 0.15) is 5.65 Å². The number of piperidine rings is 1. The lowest BCUT2D eigenvalue weighted by atomic mass is 9.97. The van der Waals surface area contributed by atoms with Crippen molar-refractivity contribution in [2.45, 2.75) is 19.8 Å². The van der Waals surface area contributed by atoms with E-state index in [1.807, 2.05) is 53.9 Å². The number of rotatable bonds is 3. The average molecular weight is 370 g/mol. The molecule has 0 radical (unpaired) electrons. The lowest BCUT2D eigenvalue weighted by Gasteiger charge is -2.32. The first-order chi connectivity index (χ1) is 12.5. The van der Waals surface area contributed by atoms with Crippen LogP contribution in [0.3, 0.4) is 0 Å². The molecule has 0 saturated carbocycles. The van der Waals surface area contributed by atoms with Gasteiger partial charge < -0.3 is 14.4 Å². The van der Waals surface area contributed by atoms with E-state index < -0.39 is 5.97 Å². The van der Waals surface area contributed by atoms with Crippen LogP contribution < -0.4 is 4.90 Å². The van der Waals surface area contributed by atoms with Gasteiger partial charge in [-0.3, -0.25) is 4.79 Å². The van der Waals surface area contributed by atoms with Crippen molar-refractivity contribution in [3.8, 4) is 11.3 Å². The first-order valence-corrected chi connectivity index (χ1v) is 9.14. The number of aromatic nitrogens is 2. The molecule has 0 bridgehead atoms. The Labute approximate surface area is 156 Å². The Kier molecular flexibility index (Phi) is 4.32. The standard InChI is InChI=1S/C20H20ClN3O2/c1-13-19(22-18-6-2-3-10-24(13)18)16-11-15(7-8-17(16)21)23-9-4-5-14(12-23)20(25)26/h2-3,6-8,10-11,14H,4-5,9,12H2,1H3,(H,25,26). The number of carboxylic acids is 1. The maximum absolute atomic E-state index is 11.4. The number of hydrogen-bond donors (Lipinski definition) is 1. The van der Waals surface area contributed by atoms with Gasteiger partial charge in [0, 0.05) is 36.2 Å². The van der Waals surface area contributed by atoms with Crippen LogP contribution in [0, 0.1) is 12.8 Å². The third-order valence-corrected chi connectivity index (χ3v) is 5.44. The second-order valence-corrected chi connectivity index (χ2v) is 7.17. The third kappa shape index (κ3) is 2.92. The minimum absolute atomic E-state index is 0.320. The van der Waals surface area contributed by atoms with E-state index in [0.717, 1.165) is 47.7 Å². The summed E-state index contributed by atoms with van der Waals surface area (Å²) in [4.78, 5) is 18.2. The van der Waals surface area contributed by atoms with E-state index in [2.05, 4.69) is 4.90 Å². The van der Waals surface area contributed by atoms with E-state index in [9.17, 15) is 9.90 Å². The van der Waals surface area contributed by atoms with Crippen molar-refractivity contribution in [2.24, 2.45) is 5.92 Å². The summed E-state index contributed by atoms with van der Waals surface area (Å²) in [6.45, 7) is 3.41. The van der Waals surface area contributed by atoms with Gasteiger partial charge >= 0.3 is 5.97 Å². The summed E-state index contributed by atoms with van der Waals surface area (Å²) >= 11 is 6.49. The topological polar surface area (TPSA) is 57.8 Å². The molecule has 2 aromatic heterocycles. The summed E-state index contributed by atoms with van der Waals surface area (Å²) < 4.78 is 2.04. The Morgan fingerprint density at radius 2 is 2.15 bits per heavy atom. The Morgan fingerprint density at radius 1 is 1.31 bits per heavy atom. The first-order valence-electron chi connectivity index (χ1n) is 8.76. The maximum Gasteiger partial charge on any atom is 0.308 e. The molecule has 0 spiro atoms. The molecule has 1 aliphatic heterocycles. The molecule has 0 amide bonds. The van der Waals surface area contributed by atoms with Gasteiger partial charge in [0.25, 0.3) is 0 Å². The minimum Gasteiger partial charge on any atom is -0.481 e. The van der Waals surface area contributed by atoms with Crippen LogP contribution in [0.25, 0.3) is 16.9 Å². The van der Waals surface area contributed by atoms with Gasteiger partial charge in [-0.1, -0.05) is 17.7 Å². The number of pyridine rings is 1. The monoisotopic (exact) mass is 369 g/mol. The molecule has 1 fully saturated rings. The zero-order valence-electron chi connectivity index (χ0n) is 14.5. The molecule has 1 saturated heterocycles. The molecule has 4 rings (SSSR count). The normalized spacial score (nSPS) is 17.6. The minimum atomic E-state index is -0.722. The van der Waals surface area contributed by atoms with Gasteiger partial charge in [0.15, 0.2) is 0 Å². The molecular formula is C20H20ClN3O2. The summed E-state index contributed by atoms with van der Waals surface area (Å²) in [5, 5.41) is 9.98. The van der Waals surface area contributed by atoms with Crippen molar-refractivity contribution in [1.29, 1.82) is 0 Å². The Morgan fingerprint density at radius 3 is 2.92 bits per heavy atom. The van der Waals surface area contributed by atoms with Gasteiger partial charge in [-0.25, -0.2) is 4.98 Å². The largest absolute Gasteiger partial charge is 0.481 e. The molecule has 26 heavy (non-hydrogen) atoms. The summed E-state index contributed by atoms with van der Waals surface area (Å²) in [6.07, 6.45) is 3.60. The molecule has 1 unspecified atom stereocenters. The smallest absolute Gasteiger partial charge is 0.308 e.